The second-order valence-electron chi connectivity index (χ2n) is 10.9. The Morgan fingerprint density at radius 1 is 1.00 bits per heavy atom. The number of hydrogen-bond acceptors (Lipinski definition) is 7. The van der Waals surface area contributed by atoms with Crippen molar-refractivity contribution in [3.63, 3.8) is 0 Å². The van der Waals surface area contributed by atoms with Gasteiger partial charge in [-0.3, -0.25) is 9.69 Å². The molecule has 1 amide bonds. The van der Waals surface area contributed by atoms with Crippen molar-refractivity contribution in [1.29, 1.82) is 0 Å². The zero-order valence-electron chi connectivity index (χ0n) is 21.5. The fourth-order valence-electron chi connectivity index (χ4n) is 6.57. The highest BCUT2D eigenvalue weighted by molar-refractivity contribution is 5.69. The Morgan fingerprint density at radius 3 is 2.44 bits per heavy atom. The number of ether oxygens (including phenoxy) is 2. The van der Waals surface area contributed by atoms with E-state index in [9.17, 15) is 9.59 Å². The van der Waals surface area contributed by atoms with E-state index in [2.05, 4.69) is 14.7 Å². The number of carbonyl (C=O) groups is 2. The van der Waals surface area contributed by atoms with Gasteiger partial charge >= 0.3 is 12.1 Å². The van der Waals surface area contributed by atoms with Crippen molar-refractivity contribution in [2.75, 3.05) is 60.0 Å². The van der Waals surface area contributed by atoms with Crippen molar-refractivity contribution in [3.8, 4) is 0 Å². The fourth-order valence-corrected chi connectivity index (χ4v) is 6.57. The first kappa shape index (κ1) is 25.7. The van der Waals surface area contributed by atoms with Crippen LogP contribution in [0.25, 0.3) is 0 Å². The van der Waals surface area contributed by atoms with Crippen LogP contribution in [0.15, 0.2) is 0 Å². The SMILES string of the molecule is COC(=O)CCCN1CCN(C2CN(C)C(=O)O2)C(CCCC2CCN(C3CCCC3)CC2)C1. The van der Waals surface area contributed by atoms with Crippen LogP contribution in [0, 0.1) is 5.92 Å². The lowest BCUT2D eigenvalue weighted by atomic mass is 9.89. The lowest BCUT2D eigenvalue weighted by molar-refractivity contribution is -0.140. The van der Waals surface area contributed by atoms with Gasteiger partial charge in [0.25, 0.3) is 0 Å². The van der Waals surface area contributed by atoms with E-state index in [1.807, 2.05) is 7.05 Å². The maximum Gasteiger partial charge on any atom is 0.411 e. The molecule has 0 aromatic carbocycles. The molecule has 0 aromatic rings. The molecule has 0 bridgehead atoms. The van der Waals surface area contributed by atoms with E-state index in [0.717, 1.165) is 51.0 Å². The number of nitrogens with zero attached hydrogens (tertiary/aromatic N) is 4. The summed E-state index contributed by atoms with van der Waals surface area (Å²) in [6.07, 6.45) is 13.1. The average molecular weight is 479 g/mol. The van der Waals surface area contributed by atoms with Crippen molar-refractivity contribution >= 4 is 12.1 Å². The molecule has 4 aliphatic rings. The van der Waals surface area contributed by atoms with Gasteiger partial charge in [-0.15, -0.1) is 0 Å². The summed E-state index contributed by atoms with van der Waals surface area (Å²) in [6.45, 7) is 7.01. The maximum absolute atomic E-state index is 12.0. The number of amides is 1. The summed E-state index contributed by atoms with van der Waals surface area (Å²) in [6, 6.07) is 1.27. The predicted octanol–water partition coefficient (Wildman–Crippen LogP) is 3.16. The van der Waals surface area contributed by atoms with Gasteiger partial charge in [-0.05, 0) is 64.1 Å². The van der Waals surface area contributed by atoms with Gasteiger partial charge in [0.1, 0.15) is 0 Å². The summed E-state index contributed by atoms with van der Waals surface area (Å²) >= 11 is 0. The molecule has 8 heteroatoms. The zero-order chi connectivity index (χ0) is 23.9. The molecule has 2 atom stereocenters. The molecule has 4 fully saturated rings. The van der Waals surface area contributed by atoms with E-state index in [-0.39, 0.29) is 18.3 Å². The average Bonchev–Trinajstić information content (AvgIpc) is 3.50. The van der Waals surface area contributed by atoms with Crippen LogP contribution in [0.3, 0.4) is 0 Å². The normalized spacial score (nSPS) is 28.5. The van der Waals surface area contributed by atoms with Crippen molar-refractivity contribution < 1.29 is 19.1 Å². The summed E-state index contributed by atoms with van der Waals surface area (Å²) in [5.74, 6) is 0.733. The molecule has 0 spiro atoms. The minimum atomic E-state index is -0.210. The fraction of sp³-hybridized carbons (Fsp3) is 0.923. The molecule has 194 valence electrons. The summed E-state index contributed by atoms with van der Waals surface area (Å²) < 4.78 is 10.5. The molecule has 0 N–H and O–H groups in total. The lowest BCUT2D eigenvalue weighted by Crippen LogP contribution is -2.57. The second-order valence-corrected chi connectivity index (χ2v) is 10.9. The van der Waals surface area contributed by atoms with Crippen LogP contribution in [0.4, 0.5) is 4.79 Å². The van der Waals surface area contributed by atoms with Crippen molar-refractivity contribution in [2.24, 2.45) is 5.92 Å². The van der Waals surface area contributed by atoms with Gasteiger partial charge in [-0.2, -0.15) is 0 Å². The number of piperidine rings is 1. The summed E-state index contributed by atoms with van der Waals surface area (Å²) in [4.78, 5) is 32.8. The van der Waals surface area contributed by atoms with Gasteiger partial charge in [-0.1, -0.05) is 25.7 Å². The van der Waals surface area contributed by atoms with Gasteiger partial charge in [-0.25, -0.2) is 4.79 Å². The number of methoxy groups -OCH3 is 1. The molecule has 3 heterocycles. The molecule has 2 unspecified atom stereocenters. The van der Waals surface area contributed by atoms with E-state index in [1.54, 1.807) is 4.90 Å². The van der Waals surface area contributed by atoms with Gasteiger partial charge in [0.2, 0.25) is 0 Å². The third-order valence-corrected chi connectivity index (χ3v) is 8.68. The minimum Gasteiger partial charge on any atom is -0.469 e. The van der Waals surface area contributed by atoms with E-state index in [0.29, 0.717) is 19.0 Å². The van der Waals surface area contributed by atoms with Gasteiger partial charge < -0.3 is 24.2 Å². The van der Waals surface area contributed by atoms with E-state index >= 15 is 0 Å². The van der Waals surface area contributed by atoms with Crippen molar-refractivity contribution in [3.05, 3.63) is 0 Å². The van der Waals surface area contributed by atoms with Gasteiger partial charge in [0, 0.05) is 45.2 Å². The maximum atomic E-state index is 12.0. The third kappa shape index (κ3) is 6.85. The first-order chi connectivity index (χ1) is 16.5. The Bertz CT molecular complexity index is 663. The number of rotatable bonds is 10. The van der Waals surface area contributed by atoms with Gasteiger partial charge in [0.15, 0.2) is 6.23 Å². The van der Waals surface area contributed by atoms with Crippen LogP contribution in [-0.4, -0.2) is 110 Å². The van der Waals surface area contributed by atoms with Crippen LogP contribution < -0.4 is 0 Å². The highest BCUT2D eigenvalue weighted by atomic mass is 16.6. The van der Waals surface area contributed by atoms with Crippen molar-refractivity contribution in [2.45, 2.75) is 88.9 Å². The first-order valence-corrected chi connectivity index (χ1v) is 13.7. The molecule has 1 saturated carbocycles. The number of likely N-dealkylation sites (tertiary alicyclic amines) is 1. The number of likely N-dealkylation sites (N-methyl/N-ethyl adjacent to an activating group) is 1. The highest BCUT2D eigenvalue weighted by Crippen LogP contribution is 2.30. The largest absolute Gasteiger partial charge is 0.469 e. The summed E-state index contributed by atoms with van der Waals surface area (Å²) in [5, 5.41) is 0. The minimum absolute atomic E-state index is 0.130. The molecular formula is C26H46N4O4. The predicted molar refractivity (Wildman–Crippen MR) is 131 cm³/mol. The third-order valence-electron chi connectivity index (χ3n) is 8.68. The van der Waals surface area contributed by atoms with E-state index < -0.39 is 0 Å². The van der Waals surface area contributed by atoms with Crippen LogP contribution in [0.2, 0.25) is 0 Å². The molecule has 3 saturated heterocycles. The molecule has 4 rings (SSSR count). The van der Waals surface area contributed by atoms with Crippen LogP contribution in [0.1, 0.15) is 70.6 Å². The summed E-state index contributed by atoms with van der Waals surface area (Å²) in [5.41, 5.74) is 0. The zero-order valence-corrected chi connectivity index (χ0v) is 21.5. The topological polar surface area (TPSA) is 65.6 Å². The van der Waals surface area contributed by atoms with E-state index in [4.69, 9.17) is 9.47 Å². The Balaban J connectivity index is 1.24. The molecule has 8 nitrogen and oxygen atoms in total. The first-order valence-electron chi connectivity index (χ1n) is 13.7. The molecule has 0 radical (unpaired) electrons. The Labute approximate surface area is 205 Å². The standard InChI is InChI=1S/C26H46N4O4/c1-27-20-24(34-26(27)32)30-18-17-28(14-6-11-25(31)33-2)19-23(30)10-5-7-21-12-15-29(16-13-21)22-8-3-4-9-22/h21-24H,3-20H2,1-2H3. The van der Waals surface area contributed by atoms with Crippen molar-refractivity contribution in [1.82, 2.24) is 19.6 Å². The highest BCUT2D eigenvalue weighted by Gasteiger charge is 2.39. The number of carbonyl (C=O) groups excluding carboxylic acids is 2. The lowest BCUT2D eigenvalue weighted by Gasteiger charge is -2.43. The number of esters is 1. The molecule has 34 heavy (non-hydrogen) atoms. The number of piperazine rings is 1. The molecule has 0 aromatic heterocycles. The summed E-state index contributed by atoms with van der Waals surface area (Å²) in [7, 11) is 3.27. The Kier molecular flexibility index (Phi) is 9.48. The second kappa shape index (κ2) is 12.5. The molecule has 1 aliphatic carbocycles. The van der Waals surface area contributed by atoms with Crippen LogP contribution in [-0.2, 0) is 14.3 Å². The molecule has 3 aliphatic heterocycles. The van der Waals surface area contributed by atoms with E-state index in [1.165, 1.54) is 71.6 Å². The Hall–Kier alpha value is -1.38. The molecular weight excluding hydrogens is 432 g/mol. The van der Waals surface area contributed by atoms with Gasteiger partial charge in [0.05, 0.1) is 13.7 Å². The monoisotopic (exact) mass is 478 g/mol. The Morgan fingerprint density at radius 2 is 1.76 bits per heavy atom. The van der Waals surface area contributed by atoms with Crippen LogP contribution >= 0.6 is 0 Å². The number of cyclic esters (lactones) is 1. The number of hydrogen-bond donors (Lipinski definition) is 0. The smallest absolute Gasteiger partial charge is 0.411 e. The van der Waals surface area contributed by atoms with Crippen LogP contribution in [0.5, 0.6) is 0 Å². The quantitative estimate of drug-likeness (QED) is 0.447.